The van der Waals surface area contributed by atoms with Crippen molar-refractivity contribution in [2.24, 2.45) is 0 Å². The van der Waals surface area contributed by atoms with Crippen LogP contribution in [0, 0.1) is 0 Å². The SMILES string of the molecule is O=C(COc1cc(Cl)cc(Cl)c1)N(C1CC1)C1CCS(=O)(=O)C1. The van der Waals surface area contributed by atoms with Crippen molar-refractivity contribution < 1.29 is 17.9 Å². The van der Waals surface area contributed by atoms with Gasteiger partial charge in [-0.2, -0.15) is 0 Å². The molecule has 1 aliphatic heterocycles. The predicted octanol–water partition coefficient (Wildman–Crippen LogP) is 2.55. The maximum Gasteiger partial charge on any atom is 0.261 e. The Morgan fingerprint density at radius 3 is 2.30 bits per heavy atom. The lowest BCUT2D eigenvalue weighted by molar-refractivity contribution is -0.135. The van der Waals surface area contributed by atoms with Gasteiger partial charge in [0.15, 0.2) is 16.4 Å². The van der Waals surface area contributed by atoms with Crippen LogP contribution in [0.15, 0.2) is 18.2 Å². The van der Waals surface area contributed by atoms with Gasteiger partial charge in [0.05, 0.1) is 11.5 Å². The molecule has 1 saturated carbocycles. The lowest BCUT2D eigenvalue weighted by Gasteiger charge is -2.28. The molecule has 1 heterocycles. The van der Waals surface area contributed by atoms with Crippen molar-refractivity contribution in [2.45, 2.75) is 31.3 Å². The average Bonchev–Trinajstić information content (AvgIpc) is 3.20. The van der Waals surface area contributed by atoms with E-state index in [0.717, 1.165) is 12.8 Å². The number of benzene rings is 1. The van der Waals surface area contributed by atoms with E-state index in [9.17, 15) is 13.2 Å². The summed E-state index contributed by atoms with van der Waals surface area (Å²) >= 11 is 11.8. The van der Waals surface area contributed by atoms with Crippen LogP contribution in [-0.2, 0) is 14.6 Å². The maximum absolute atomic E-state index is 12.5. The summed E-state index contributed by atoms with van der Waals surface area (Å²) < 4.78 is 28.8. The molecule has 0 aromatic heterocycles. The third-order valence-electron chi connectivity index (χ3n) is 4.03. The monoisotopic (exact) mass is 377 g/mol. The van der Waals surface area contributed by atoms with Crippen LogP contribution in [-0.4, -0.2) is 49.4 Å². The molecule has 126 valence electrons. The number of rotatable bonds is 5. The van der Waals surface area contributed by atoms with Crippen LogP contribution in [0.4, 0.5) is 0 Å². The Morgan fingerprint density at radius 1 is 1.13 bits per heavy atom. The van der Waals surface area contributed by atoms with Crippen molar-refractivity contribution in [3.63, 3.8) is 0 Å². The lowest BCUT2D eigenvalue weighted by atomic mass is 10.2. The number of carbonyl (C=O) groups is 1. The van der Waals surface area contributed by atoms with Crippen LogP contribution < -0.4 is 4.74 Å². The topological polar surface area (TPSA) is 63.7 Å². The van der Waals surface area contributed by atoms with Crippen LogP contribution in [0.25, 0.3) is 0 Å². The molecule has 1 saturated heterocycles. The molecule has 0 spiro atoms. The van der Waals surface area contributed by atoms with E-state index in [-0.39, 0.29) is 36.1 Å². The minimum absolute atomic E-state index is 0.0538. The van der Waals surface area contributed by atoms with Crippen LogP contribution in [0.3, 0.4) is 0 Å². The number of hydrogen-bond donors (Lipinski definition) is 0. The van der Waals surface area contributed by atoms with Gasteiger partial charge in [-0.15, -0.1) is 0 Å². The molecule has 5 nitrogen and oxygen atoms in total. The summed E-state index contributed by atoms with van der Waals surface area (Å²) in [5.41, 5.74) is 0. The third-order valence-corrected chi connectivity index (χ3v) is 6.22. The Bertz CT molecular complexity index is 698. The van der Waals surface area contributed by atoms with Gasteiger partial charge in [0.25, 0.3) is 5.91 Å². The van der Waals surface area contributed by atoms with Crippen LogP contribution in [0.1, 0.15) is 19.3 Å². The molecular formula is C15H17Cl2NO4S. The van der Waals surface area contributed by atoms with Gasteiger partial charge in [-0.3, -0.25) is 4.79 Å². The first-order valence-electron chi connectivity index (χ1n) is 7.44. The van der Waals surface area contributed by atoms with E-state index in [4.69, 9.17) is 27.9 Å². The molecule has 2 fully saturated rings. The molecule has 3 rings (SSSR count). The predicted molar refractivity (Wildman–Crippen MR) is 88.9 cm³/mol. The fourth-order valence-electron chi connectivity index (χ4n) is 2.88. The largest absolute Gasteiger partial charge is 0.484 e. The van der Waals surface area contributed by atoms with E-state index < -0.39 is 9.84 Å². The highest BCUT2D eigenvalue weighted by Crippen LogP contribution is 2.32. The molecule has 1 unspecified atom stereocenters. The van der Waals surface area contributed by atoms with Gasteiger partial charge < -0.3 is 9.64 Å². The molecule has 2 aliphatic rings. The normalized spacial score (nSPS) is 22.8. The summed E-state index contributed by atoms with van der Waals surface area (Å²) in [5.74, 6) is 0.438. The minimum atomic E-state index is -3.03. The smallest absolute Gasteiger partial charge is 0.261 e. The first kappa shape index (κ1) is 16.9. The lowest BCUT2D eigenvalue weighted by Crippen LogP contribution is -2.45. The quantitative estimate of drug-likeness (QED) is 0.790. The summed E-state index contributed by atoms with van der Waals surface area (Å²) in [5, 5.41) is 0.863. The Kier molecular flexibility index (Phi) is 4.76. The highest BCUT2D eigenvalue weighted by molar-refractivity contribution is 7.91. The van der Waals surface area contributed by atoms with E-state index in [1.807, 2.05) is 0 Å². The molecule has 23 heavy (non-hydrogen) atoms. The highest BCUT2D eigenvalue weighted by atomic mass is 35.5. The fourth-order valence-corrected chi connectivity index (χ4v) is 5.10. The van der Waals surface area contributed by atoms with Crippen molar-refractivity contribution in [3.8, 4) is 5.75 Å². The molecule has 1 aliphatic carbocycles. The van der Waals surface area contributed by atoms with Gasteiger partial charge in [0, 0.05) is 22.1 Å². The van der Waals surface area contributed by atoms with Crippen molar-refractivity contribution >= 4 is 38.9 Å². The second-order valence-corrected chi connectivity index (χ2v) is 9.08. The van der Waals surface area contributed by atoms with Crippen molar-refractivity contribution in [1.82, 2.24) is 4.90 Å². The molecule has 0 bridgehead atoms. The van der Waals surface area contributed by atoms with Crippen LogP contribution in [0.5, 0.6) is 5.75 Å². The number of halogens is 2. The van der Waals surface area contributed by atoms with E-state index in [1.54, 1.807) is 23.1 Å². The van der Waals surface area contributed by atoms with Crippen LogP contribution >= 0.6 is 23.2 Å². The number of carbonyl (C=O) groups excluding carboxylic acids is 1. The molecule has 1 aromatic rings. The summed E-state index contributed by atoms with van der Waals surface area (Å²) in [6.07, 6.45) is 2.35. The Morgan fingerprint density at radius 2 is 1.78 bits per heavy atom. The second-order valence-electron chi connectivity index (χ2n) is 5.98. The first-order chi connectivity index (χ1) is 10.8. The maximum atomic E-state index is 12.5. The first-order valence-corrected chi connectivity index (χ1v) is 10.0. The van der Waals surface area contributed by atoms with Crippen molar-refractivity contribution in [3.05, 3.63) is 28.2 Å². The molecule has 1 amide bonds. The van der Waals surface area contributed by atoms with Gasteiger partial charge in [-0.1, -0.05) is 23.2 Å². The van der Waals surface area contributed by atoms with E-state index >= 15 is 0 Å². The zero-order valence-electron chi connectivity index (χ0n) is 12.4. The third kappa shape index (κ3) is 4.31. The van der Waals surface area contributed by atoms with Gasteiger partial charge in [-0.05, 0) is 37.5 Å². The molecule has 1 aromatic carbocycles. The van der Waals surface area contributed by atoms with E-state index in [2.05, 4.69) is 0 Å². The average molecular weight is 378 g/mol. The number of sulfone groups is 1. The molecule has 1 atom stereocenters. The zero-order valence-corrected chi connectivity index (χ0v) is 14.7. The van der Waals surface area contributed by atoms with Gasteiger partial charge >= 0.3 is 0 Å². The fraction of sp³-hybridized carbons (Fsp3) is 0.533. The molecule has 0 N–H and O–H groups in total. The van der Waals surface area contributed by atoms with Crippen LogP contribution in [0.2, 0.25) is 10.0 Å². The summed E-state index contributed by atoms with van der Waals surface area (Å²) in [7, 11) is -3.03. The van der Waals surface area contributed by atoms with E-state index in [1.165, 1.54) is 0 Å². The Balaban J connectivity index is 1.65. The summed E-state index contributed by atoms with van der Waals surface area (Å²) in [4.78, 5) is 14.2. The molecule has 8 heteroatoms. The number of nitrogens with zero attached hydrogens (tertiary/aromatic N) is 1. The zero-order chi connectivity index (χ0) is 16.6. The Labute approximate surface area is 145 Å². The van der Waals surface area contributed by atoms with Gasteiger partial charge in [0.2, 0.25) is 0 Å². The summed E-state index contributed by atoms with van der Waals surface area (Å²) in [6, 6.07) is 4.67. The van der Waals surface area contributed by atoms with Gasteiger partial charge in [0.1, 0.15) is 5.75 Å². The number of hydrogen-bond acceptors (Lipinski definition) is 4. The minimum Gasteiger partial charge on any atom is -0.484 e. The molecule has 0 radical (unpaired) electrons. The standard InChI is InChI=1S/C15H17Cl2NO4S/c16-10-5-11(17)7-14(6-10)22-8-15(19)18(12-1-2-12)13-3-4-23(20,21)9-13/h5-7,12-13H,1-4,8-9H2. The Hall–Kier alpha value is -0.980. The highest BCUT2D eigenvalue weighted by Gasteiger charge is 2.42. The van der Waals surface area contributed by atoms with Gasteiger partial charge in [-0.25, -0.2) is 8.42 Å². The van der Waals surface area contributed by atoms with Crippen molar-refractivity contribution in [1.29, 1.82) is 0 Å². The number of ether oxygens (including phenoxy) is 1. The van der Waals surface area contributed by atoms with Crippen molar-refractivity contribution in [2.75, 3.05) is 18.1 Å². The van der Waals surface area contributed by atoms with E-state index in [0.29, 0.717) is 22.2 Å². The number of amides is 1. The summed E-state index contributed by atoms with van der Waals surface area (Å²) in [6.45, 7) is -0.149. The second kappa shape index (κ2) is 6.49. The molecular weight excluding hydrogens is 361 g/mol.